The lowest BCUT2D eigenvalue weighted by atomic mass is 10.0. The molecule has 2 aromatic carbocycles. The molecule has 0 aliphatic rings. The molecule has 5 nitrogen and oxygen atoms in total. The summed E-state index contributed by atoms with van der Waals surface area (Å²) in [6.45, 7) is 6.04. The minimum Gasteiger partial charge on any atom is -0.302 e. The maximum Gasteiger partial charge on any atom is 0.261 e. The first-order chi connectivity index (χ1) is 12.4. The van der Waals surface area contributed by atoms with Crippen LogP contribution in [0.15, 0.2) is 60.7 Å². The van der Waals surface area contributed by atoms with Crippen LogP contribution in [-0.2, 0) is 15.9 Å². The molecule has 0 heterocycles. The zero-order valence-electron chi connectivity index (χ0n) is 15.5. The van der Waals surface area contributed by atoms with E-state index in [-0.39, 0.29) is 5.92 Å². The molecule has 26 heavy (non-hydrogen) atoms. The quantitative estimate of drug-likeness (QED) is 0.420. The molecule has 0 bridgehead atoms. The number of hydrogen-bond acceptors (Lipinski definition) is 3. The largest absolute Gasteiger partial charge is 0.302 e. The molecule has 140 valence electrons. The Hall–Kier alpha value is -1.94. The van der Waals surface area contributed by atoms with E-state index < -0.39 is 19.2 Å². The SMILES string of the molecule is CC(C)C[C@H](C(=O)NO)N(Cc1ccccc1)[P@](C)(=O)c1ccccc1. The van der Waals surface area contributed by atoms with Crippen molar-refractivity contribution in [3.05, 3.63) is 66.2 Å². The molecule has 1 amide bonds. The topological polar surface area (TPSA) is 69.6 Å². The molecule has 0 fully saturated rings. The zero-order valence-corrected chi connectivity index (χ0v) is 16.4. The summed E-state index contributed by atoms with van der Waals surface area (Å²) in [5.74, 6) is -0.334. The van der Waals surface area contributed by atoms with Gasteiger partial charge in [-0.25, -0.2) is 10.2 Å². The lowest BCUT2D eigenvalue weighted by molar-refractivity contribution is -0.133. The van der Waals surface area contributed by atoms with Crippen LogP contribution in [0.1, 0.15) is 25.8 Å². The van der Waals surface area contributed by atoms with Crippen molar-refractivity contribution in [2.75, 3.05) is 6.66 Å². The number of amides is 1. The molecule has 2 N–H and O–H groups in total. The van der Waals surface area contributed by atoms with Crippen molar-refractivity contribution in [1.82, 2.24) is 10.2 Å². The van der Waals surface area contributed by atoms with Crippen LogP contribution in [-0.4, -0.2) is 28.5 Å². The van der Waals surface area contributed by atoms with Crippen molar-refractivity contribution < 1.29 is 14.6 Å². The van der Waals surface area contributed by atoms with E-state index >= 15 is 0 Å². The molecule has 0 aromatic heterocycles. The summed E-state index contributed by atoms with van der Waals surface area (Å²) in [5, 5.41) is 9.94. The minimum absolute atomic E-state index is 0.200. The van der Waals surface area contributed by atoms with Gasteiger partial charge in [-0.15, -0.1) is 0 Å². The number of nitrogens with one attached hydrogen (secondary N) is 1. The van der Waals surface area contributed by atoms with Crippen LogP contribution in [0, 0.1) is 5.92 Å². The summed E-state index contributed by atoms with van der Waals surface area (Å²) in [4.78, 5) is 12.4. The highest BCUT2D eigenvalue weighted by Crippen LogP contribution is 2.48. The van der Waals surface area contributed by atoms with Gasteiger partial charge in [-0.3, -0.25) is 10.0 Å². The molecule has 0 saturated carbocycles. The maximum atomic E-state index is 13.8. The molecule has 2 aromatic rings. The molecule has 6 heteroatoms. The summed E-state index contributed by atoms with van der Waals surface area (Å²) in [7, 11) is -3.04. The first kappa shape index (κ1) is 20.4. The van der Waals surface area contributed by atoms with Gasteiger partial charge >= 0.3 is 0 Å². The Morgan fingerprint density at radius 3 is 2.12 bits per heavy atom. The van der Waals surface area contributed by atoms with Crippen LogP contribution in [0.3, 0.4) is 0 Å². The van der Waals surface area contributed by atoms with Crippen molar-refractivity contribution in [3.63, 3.8) is 0 Å². The maximum absolute atomic E-state index is 13.8. The van der Waals surface area contributed by atoms with Crippen molar-refractivity contribution in [2.45, 2.75) is 32.9 Å². The molecule has 2 atom stereocenters. The van der Waals surface area contributed by atoms with Gasteiger partial charge in [0.15, 0.2) is 7.29 Å². The third kappa shape index (κ3) is 5.04. The van der Waals surface area contributed by atoms with E-state index in [2.05, 4.69) is 0 Å². The van der Waals surface area contributed by atoms with Crippen molar-refractivity contribution in [2.24, 2.45) is 5.92 Å². The highest BCUT2D eigenvalue weighted by atomic mass is 31.2. The van der Waals surface area contributed by atoms with Crippen molar-refractivity contribution >= 4 is 18.5 Å². The number of nitrogens with zero attached hydrogens (tertiary/aromatic N) is 1. The second-order valence-electron chi connectivity index (χ2n) is 6.92. The molecule has 0 saturated heterocycles. The third-order valence-electron chi connectivity index (χ3n) is 4.38. The Bertz CT molecular complexity index is 750. The number of hydroxylamine groups is 1. The number of benzene rings is 2. The lowest BCUT2D eigenvalue weighted by Gasteiger charge is -2.36. The molecule has 0 aliphatic carbocycles. The van der Waals surface area contributed by atoms with Gasteiger partial charge in [-0.2, -0.15) is 0 Å². The fourth-order valence-electron chi connectivity index (χ4n) is 3.02. The Morgan fingerprint density at radius 2 is 1.62 bits per heavy atom. The highest BCUT2D eigenvalue weighted by Gasteiger charge is 2.37. The molecular formula is C20H27N2O3P. The highest BCUT2D eigenvalue weighted by molar-refractivity contribution is 7.68. The average molecular weight is 374 g/mol. The fraction of sp³-hybridized carbons (Fsp3) is 0.350. The van der Waals surface area contributed by atoms with Gasteiger partial charge in [0.1, 0.15) is 0 Å². The van der Waals surface area contributed by atoms with Gasteiger partial charge in [0.25, 0.3) is 5.91 Å². The summed E-state index contributed by atoms with van der Waals surface area (Å²) in [5.41, 5.74) is 2.72. The lowest BCUT2D eigenvalue weighted by Crippen LogP contribution is -2.46. The predicted octanol–water partition coefficient (Wildman–Crippen LogP) is 3.64. The van der Waals surface area contributed by atoms with Crippen LogP contribution in [0.5, 0.6) is 0 Å². The van der Waals surface area contributed by atoms with Crippen molar-refractivity contribution in [3.8, 4) is 0 Å². The van der Waals surface area contributed by atoms with Crippen molar-refractivity contribution in [1.29, 1.82) is 0 Å². The second-order valence-corrected chi connectivity index (χ2v) is 9.71. The van der Waals surface area contributed by atoms with Crippen LogP contribution < -0.4 is 10.8 Å². The smallest absolute Gasteiger partial charge is 0.261 e. The van der Waals surface area contributed by atoms with E-state index in [1.54, 1.807) is 16.8 Å². The van der Waals surface area contributed by atoms with Crippen LogP contribution in [0.4, 0.5) is 0 Å². The minimum atomic E-state index is -3.04. The van der Waals surface area contributed by atoms with Gasteiger partial charge in [-0.1, -0.05) is 74.5 Å². The number of carbonyl (C=O) groups excluding carboxylic acids is 1. The fourth-order valence-corrected chi connectivity index (χ4v) is 5.21. The molecule has 0 unspecified atom stereocenters. The Kier molecular flexibility index (Phi) is 7.15. The van der Waals surface area contributed by atoms with E-state index in [0.717, 1.165) is 5.56 Å². The second kappa shape index (κ2) is 9.13. The van der Waals surface area contributed by atoms with Gasteiger partial charge in [0.05, 0.1) is 6.04 Å². The number of rotatable bonds is 8. The molecular weight excluding hydrogens is 347 g/mol. The van der Waals surface area contributed by atoms with E-state index in [4.69, 9.17) is 0 Å². The van der Waals surface area contributed by atoms with Gasteiger partial charge in [0.2, 0.25) is 0 Å². The Morgan fingerprint density at radius 1 is 1.08 bits per heavy atom. The van der Waals surface area contributed by atoms with Gasteiger partial charge < -0.3 is 4.57 Å². The van der Waals surface area contributed by atoms with E-state index in [9.17, 15) is 14.6 Å². The molecule has 0 aliphatic heterocycles. The van der Waals surface area contributed by atoms with Gasteiger partial charge in [0, 0.05) is 18.5 Å². The van der Waals surface area contributed by atoms with Crippen LogP contribution in [0.2, 0.25) is 0 Å². The first-order valence-corrected chi connectivity index (χ1v) is 10.8. The van der Waals surface area contributed by atoms with Crippen LogP contribution >= 0.6 is 7.29 Å². The molecule has 0 radical (unpaired) electrons. The Balaban J connectivity index is 2.49. The third-order valence-corrected chi connectivity index (χ3v) is 7.04. The summed E-state index contributed by atoms with van der Waals surface area (Å²) in [6, 6.07) is 18.1. The predicted molar refractivity (Wildman–Crippen MR) is 105 cm³/mol. The summed E-state index contributed by atoms with van der Waals surface area (Å²) >= 11 is 0. The average Bonchev–Trinajstić information content (AvgIpc) is 2.65. The van der Waals surface area contributed by atoms with Gasteiger partial charge in [-0.05, 0) is 17.9 Å². The molecule has 2 rings (SSSR count). The van der Waals surface area contributed by atoms with E-state index in [0.29, 0.717) is 18.3 Å². The molecule has 0 spiro atoms. The number of carbonyl (C=O) groups is 1. The van der Waals surface area contributed by atoms with E-state index in [1.807, 2.05) is 74.5 Å². The monoisotopic (exact) mass is 374 g/mol. The zero-order chi connectivity index (χ0) is 19.2. The first-order valence-electron chi connectivity index (χ1n) is 8.74. The normalized spacial score (nSPS) is 14.8. The standard InChI is InChI=1S/C20H27N2O3P/c1-16(2)14-19(20(23)21-24)22(15-17-10-6-4-7-11-17)26(3,25)18-12-8-5-9-13-18/h4-13,16,19,24H,14-15H2,1-3H3,(H,21,23)/t19-,26-/m1/s1. The Labute approximate surface area is 155 Å². The van der Waals surface area contributed by atoms with Crippen LogP contribution in [0.25, 0.3) is 0 Å². The summed E-state index contributed by atoms with van der Waals surface area (Å²) < 4.78 is 15.6. The summed E-state index contributed by atoms with van der Waals surface area (Å²) in [6.07, 6.45) is 0.490. The van der Waals surface area contributed by atoms with E-state index in [1.165, 1.54) is 0 Å². The number of hydrogen-bond donors (Lipinski definition) is 2.